The molecule has 1 fully saturated rings. The Kier molecular flexibility index (Phi) is 14.4. The number of ether oxygens (including phenoxy) is 1. The first-order valence-corrected chi connectivity index (χ1v) is 11.6. The van der Waals surface area contributed by atoms with E-state index in [9.17, 15) is 0 Å². The zero-order valence-corrected chi connectivity index (χ0v) is 20.9. The SMILES string of the molecule is CCNC(=NCC(c1ccccc1Cl)N1CCOCC1)NCCCCSC.I. The van der Waals surface area contributed by atoms with E-state index in [1.54, 1.807) is 0 Å². The molecule has 1 aliphatic rings. The average molecular weight is 541 g/mol. The fourth-order valence-corrected chi connectivity index (χ4v) is 3.90. The molecule has 28 heavy (non-hydrogen) atoms. The number of thioether (sulfide) groups is 1. The van der Waals surface area contributed by atoms with Gasteiger partial charge >= 0.3 is 0 Å². The van der Waals surface area contributed by atoms with Crippen LogP contribution in [0.5, 0.6) is 0 Å². The molecular formula is C20H34ClIN4OS. The van der Waals surface area contributed by atoms with Crippen LogP contribution in [0.3, 0.4) is 0 Å². The molecule has 1 aromatic rings. The predicted octanol–water partition coefficient (Wildman–Crippen LogP) is 4.03. The minimum absolute atomic E-state index is 0. The van der Waals surface area contributed by atoms with Crippen LogP contribution in [0.2, 0.25) is 5.02 Å². The van der Waals surface area contributed by atoms with Gasteiger partial charge in [-0.2, -0.15) is 11.8 Å². The van der Waals surface area contributed by atoms with Gasteiger partial charge in [-0.25, -0.2) is 0 Å². The lowest BCUT2D eigenvalue weighted by Gasteiger charge is -2.34. The molecule has 0 amide bonds. The Morgan fingerprint density at radius 3 is 2.68 bits per heavy atom. The number of guanidine groups is 1. The third-order valence-electron chi connectivity index (χ3n) is 4.58. The van der Waals surface area contributed by atoms with E-state index >= 15 is 0 Å². The quantitative estimate of drug-likeness (QED) is 0.203. The van der Waals surface area contributed by atoms with Gasteiger partial charge in [0.1, 0.15) is 0 Å². The highest BCUT2D eigenvalue weighted by molar-refractivity contribution is 14.0. The lowest BCUT2D eigenvalue weighted by atomic mass is 10.0. The molecule has 0 spiro atoms. The summed E-state index contributed by atoms with van der Waals surface area (Å²) >= 11 is 8.40. The zero-order chi connectivity index (χ0) is 19.3. The summed E-state index contributed by atoms with van der Waals surface area (Å²) in [7, 11) is 0. The Labute approximate surface area is 196 Å². The molecular weight excluding hydrogens is 507 g/mol. The van der Waals surface area contributed by atoms with Gasteiger partial charge in [0, 0.05) is 31.2 Å². The van der Waals surface area contributed by atoms with Crippen LogP contribution in [0.15, 0.2) is 29.3 Å². The van der Waals surface area contributed by atoms with Gasteiger partial charge in [-0.05, 0) is 43.4 Å². The minimum atomic E-state index is 0. The Morgan fingerprint density at radius 2 is 2.00 bits per heavy atom. The number of morpholine rings is 1. The summed E-state index contributed by atoms with van der Waals surface area (Å²) in [5, 5.41) is 7.62. The van der Waals surface area contributed by atoms with Crippen LogP contribution in [0.25, 0.3) is 0 Å². The van der Waals surface area contributed by atoms with Gasteiger partial charge in [0.05, 0.1) is 25.8 Å². The molecule has 1 unspecified atom stereocenters. The second-order valence-corrected chi connectivity index (χ2v) is 7.92. The van der Waals surface area contributed by atoms with Gasteiger partial charge in [0.15, 0.2) is 5.96 Å². The predicted molar refractivity (Wildman–Crippen MR) is 134 cm³/mol. The monoisotopic (exact) mass is 540 g/mol. The number of unbranched alkanes of at least 4 members (excludes halogenated alkanes) is 1. The first-order chi connectivity index (χ1) is 13.3. The highest BCUT2D eigenvalue weighted by Crippen LogP contribution is 2.28. The fourth-order valence-electron chi connectivity index (χ4n) is 3.14. The van der Waals surface area contributed by atoms with Crippen LogP contribution in [-0.2, 0) is 4.74 Å². The maximum absolute atomic E-state index is 6.51. The van der Waals surface area contributed by atoms with Crippen LogP contribution < -0.4 is 10.6 Å². The lowest BCUT2D eigenvalue weighted by molar-refractivity contribution is 0.0180. The zero-order valence-electron chi connectivity index (χ0n) is 17.0. The van der Waals surface area contributed by atoms with Crippen molar-refractivity contribution in [1.29, 1.82) is 0 Å². The second-order valence-electron chi connectivity index (χ2n) is 6.53. The van der Waals surface area contributed by atoms with Crippen molar-refractivity contribution in [3.63, 3.8) is 0 Å². The molecule has 0 aromatic heterocycles. The third-order valence-corrected chi connectivity index (χ3v) is 5.63. The summed E-state index contributed by atoms with van der Waals surface area (Å²) in [6.07, 6.45) is 4.53. The topological polar surface area (TPSA) is 48.9 Å². The Morgan fingerprint density at radius 1 is 1.25 bits per heavy atom. The summed E-state index contributed by atoms with van der Waals surface area (Å²) in [5.74, 6) is 2.09. The summed E-state index contributed by atoms with van der Waals surface area (Å²) in [6, 6.07) is 8.26. The van der Waals surface area contributed by atoms with Crippen molar-refractivity contribution in [3.8, 4) is 0 Å². The smallest absolute Gasteiger partial charge is 0.191 e. The van der Waals surface area contributed by atoms with Gasteiger partial charge in [0.2, 0.25) is 0 Å². The Balaban J connectivity index is 0.00000392. The van der Waals surface area contributed by atoms with Crippen LogP contribution in [-0.4, -0.2) is 68.8 Å². The normalized spacial score (nSPS) is 16.3. The lowest BCUT2D eigenvalue weighted by Crippen LogP contribution is -2.42. The standard InChI is InChI=1S/C20H33ClN4OS.HI/c1-3-22-20(23-10-6-7-15-27-2)24-16-19(25-11-13-26-14-12-25)17-8-4-5-9-18(17)21;/h4-5,8-9,19H,3,6-7,10-16H2,1-2H3,(H2,22,23,24);1H. The molecule has 1 heterocycles. The summed E-state index contributed by atoms with van der Waals surface area (Å²) in [4.78, 5) is 7.30. The van der Waals surface area contributed by atoms with Gasteiger partial charge in [-0.1, -0.05) is 29.8 Å². The number of nitrogens with zero attached hydrogens (tertiary/aromatic N) is 2. The Hall–Kier alpha value is -0.220. The maximum atomic E-state index is 6.51. The van der Waals surface area contributed by atoms with Crippen molar-refractivity contribution in [1.82, 2.24) is 15.5 Å². The highest BCUT2D eigenvalue weighted by Gasteiger charge is 2.24. The van der Waals surface area contributed by atoms with Gasteiger partial charge in [-0.15, -0.1) is 24.0 Å². The Bertz CT molecular complexity index is 573. The number of hydrogen-bond acceptors (Lipinski definition) is 4. The first-order valence-electron chi connectivity index (χ1n) is 9.83. The number of aliphatic imine (C=N–C) groups is 1. The number of halogens is 2. The number of rotatable bonds is 10. The fraction of sp³-hybridized carbons (Fsp3) is 0.650. The minimum Gasteiger partial charge on any atom is -0.379 e. The van der Waals surface area contributed by atoms with Crippen molar-refractivity contribution in [2.24, 2.45) is 4.99 Å². The summed E-state index contributed by atoms with van der Waals surface area (Å²) in [5.41, 5.74) is 1.14. The maximum Gasteiger partial charge on any atom is 0.191 e. The molecule has 1 aromatic carbocycles. The number of nitrogens with one attached hydrogen (secondary N) is 2. The largest absolute Gasteiger partial charge is 0.379 e. The van der Waals surface area contributed by atoms with Gasteiger partial charge in [0.25, 0.3) is 0 Å². The van der Waals surface area contributed by atoms with E-state index in [-0.39, 0.29) is 30.0 Å². The highest BCUT2D eigenvalue weighted by atomic mass is 127. The van der Waals surface area contributed by atoms with Crippen molar-refractivity contribution in [3.05, 3.63) is 34.9 Å². The van der Waals surface area contributed by atoms with Crippen LogP contribution >= 0.6 is 47.3 Å². The van der Waals surface area contributed by atoms with Crippen molar-refractivity contribution < 1.29 is 4.74 Å². The van der Waals surface area contributed by atoms with Crippen LogP contribution in [0.4, 0.5) is 0 Å². The molecule has 2 rings (SSSR count). The summed E-state index contributed by atoms with van der Waals surface area (Å²) in [6.45, 7) is 7.90. The van der Waals surface area contributed by atoms with E-state index in [4.69, 9.17) is 21.3 Å². The first kappa shape index (κ1) is 25.8. The number of hydrogen-bond donors (Lipinski definition) is 2. The molecule has 1 saturated heterocycles. The van der Waals surface area contributed by atoms with E-state index in [2.05, 4.69) is 34.8 Å². The van der Waals surface area contributed by atoms with E-state index in [1.807, 2.05) is 30.0 Å². The van der Waals surface area contributed by atoms with Crippen molar-refractivity contribution in [2.75, 3.05) is 57.9 Å². The van der Waals surface area contributed by atoms with E-state index in [0.29, 0.717) is 6.54 Å². The summed E-state index contributed by atoms with van der Waals surface area (Å²) < 4.78 is 5.53. The molecule has 8 heteroatoms. The second kappa shape index (κ2) is 15.6. The molecule has 5 nitrogen and oxygen atoms in total. The number of benzene rings is 1. The molecule has 1 atom stereocenters. The van der Waals surface area contributed by atoms with E-state index < -0.39 is 0 Å². The van der Waals surface area contributed by atoms with E-state index in [0.717, 1.165) is 62.4 Å². The van der Waals surface area contributed by atoms with E-state index in [1.165, 1.54) is 12.2 Å². The van der Waals surface area contributed by atoms with Crippen LogP contribution in [0.1, 0.15) is 31.4 Å². The van der Waals surface area contributed by atoms with Gasteiger partial charge < -0.3 is 15.4 Å². The molecule has 160 valence electrons. The third kappa shape index (κ3) is 9.07. The molecule has 1 aliphatic heterocycles. The molecule has 0 radical (unpaired) electrons. The van der Waals surface area contributed by atoms with Crippen LogP contribution in [0, 0.1) is 0 Å². The molecule has 0 bridgehead atoms. The molecule has 2 N–H and O–H groups in total. The molecule has 0 saturated carbocycles. The van der Waals surface area contributed by atoms with Crippen molar-refractivity contribution in [2.45, 2.75) is 25.8 Å². The average Bonchev–Trinajstić information content (AvgIpc) is 2.70. The van der Waals surface area contributed by atoms with Crippen molar-refractivity contribution >= 4 is 53.3 Å². The van der Waals surface area contributed by atoms with Gasteiger partial charge in [-0.3, -0.25) is 9.89 Å². The molecule has 0 aliphatic carbocycles.